The van der Waals surface area contributed by atoms with Crippen molar-refractivity contribution in [3.05, 3.63) is 40.6 Å². The topological polar surface area (TPSA) is 29.9 Å². The minimum atomic E-state index is 0.436. The molecule has 3 heterocycles. The molecule has 1 unspecified atom stereocenters. The van der Waals surface area contributed by atoms with Crippen molar-refractivity contribution in [2.75, 3.05) is 6.54 Å². The summed E-state index contributed by atoms with van der Waals surface area (Å²) < 4.78 is 4.94. The zero-order chi connectivity index (χ0) is 14.7. The van der Waals surface area contributed by atoms with Gasteiger partial charge in [0.1, 0.15) is 5.82 Å². The summed E-state index contributed by atoms with van der Waals surface area (Å²) in [4.78, 5) is 5.89. The van der Waals surface area contributed by atoms with Crippen LogP contribution in [0.3, 0.4) is 0 Å². The molecule has 21 heavy (non-hydrogen) atoms. The molecule has 0 amide bonds. The maximum Gasteiger partial charge on any atom is 0.108 e. The quantitative estimate of drug-likeness (QED) is 0.701. The van der Waals surface area contributed by atoms with E-state index >= 15 is 0 Å². The minimum absolute atomic E-state index is 0.436. The monoisotopic (exact) mass is 319 g/mol. The third-order valence-electron chi connectivity index (χ3n) is 3.72. The van der Waals surface area contributed by atoms with Crippen LogP contribution in [0, 0.1) is 0 Å². The third kappa shape index (κ3) is 3.36. The summed E-state index contributed by atoms with van der Waals surface area (Å²) in [7, 11) is 2.07. The molecule has 0 aliphatic rings. The molecule has 112 valence electrons. The molecule has 0 radical (unpaired) electrons. The molecule has 5 heteroatoms. The molecule has 0 saturated carbocycles. The SMILES string of the molecule is CCCNC(CCc1nccn1C)c1cc2sccc2s1. The van der Waals surface area contributed by atoms with Crippen LogP contribution in [0.5, 0.6) is 0 Å². The van der Waals surface area contributed by atoms with Crippen LogP contribution >= 0.6 is 22.7 Å². The van der Waals surface area contributed by atoms with Crippen molar-refractivity contribution >= 4 is 32.1 Å². The van der Waals surface area contributed by atoms with Crippen molar-refractivity contribution in [1.82, 2.24) is 14.9 Å². The van der Waals surface area contributed by atoms with Gasteiger partial charge in [-0.05, 0) is 36.9 Å². The van der Waals surface area contributed by atoms with E-state index in [2.05, 4.69) is 46.4 Å². The van der Waals surface area contributed by atoms with E-state index in [9.17, 15) is 0 Å². The number of aromatic nitrogens is 2. The number of rotatable bonds is 7. The van der Waals surface area contributed by atoms with Crippen molar-refractivity contribution in [3.8, 4) is 0 Å². The lowest BCUT2D eigenvalue weighted by Gasteiger charge is -2.17. The summed E-state index contributed by atoms with van der Waals surface area (Å²) in [5.41, 5.74) is 0. The highest BCUT2D eigenvalue weighted by atomic mass is 32.1. The lowest BCUT2D eigenvalue weighted by molar-refractivity contribution is 0.498. The molecule has 1 atom stereocenters. The molecule has 0 aliphatic heterocycles. The number of aryl methyl sites for hydroxylation is 2. The predicted octanol–water partition coefficient (Wildman–Crippen LogP) is 4.37. The first-order valence-corrected chi connectivity index (χ1v) is 9.14. The van der Waals surface area contributed by atoms with E-state index in [1.165, 1.54) is 20.7 Å². The second-order valence-electron chi connectivity index (χ2n) is 5.30. The van der Waals surface area contributed by atoms with Gasteiger partial charge in [0.05, 0.1) is 0 Å². The first-order chi connectivity index (χ1) is 10.3. The number of imidazole rings is 1. The van der Waals surface area contributed by atoms with Gasteiger partial charge in [0.25, 0.3) is 0 Å². The molecule has 0 bridgehead atoms. The number of hydrogen-bond acceptors (Lipinski definition) is 4. The Balaban J connectivity index is 1.73. The Bertz CT molecular complexity index is 667. The average molecular weight is 319 g/mol. The summed E-state index contributed by atoms with van der Waals surface area (Å²) in [6.07, 6.45) is 7.17. The maximum atomic E-state index is 4.44. The Morgan fingerprint density at radius 1 is 1.38 bits per heavy atom. The zero-order valence-electron chi connectivity index (χ0n) is 12.5. The Hall–Kier alpha value is -1.17. The van der Waals surface area contributed by atoms with Crippen LogP contribution in [0.15, 0.2) is 29.9 Å². The first-order valence-electron chi connectivity index (χ1n) is 7.44. The Morgan fingerprint density at radius 2 is 2.29 bits per heavy atom. The lowest BCUT2D eigenvalue weighted by atomic mass is 10.1. The number of thiophene rings is 2. The highest BCUT2D eigenvalue weighted by Crippen LogP contribution is 2.34. The fraction of sp³-hybridized carbons (Fsp3) is 0.438. The highest BCUT2D eigenvalue weighted by molar-refractivity contribution is 7.26. The van der Waals surface area contributed by atoms with Crippen LogP contribution in [-0.2, 0) is 13.5 Å². The van der Waals surface area contributed by atoms with Gasteiger partial charge in [0, 0.05) is 46.2 Å². The Morgan fingerprint density at radius 3 is 3.00 bits per heavy atom. The Labute approximate surface area is 133 Å². The van der Waals surface area contributed by atoms with E-state index in [1.54, 1.807) is 0 Å². The normalized spacial score (nSPS) is 13.0. The van der Waals surface area contributed by atoms with Gasteiger partial charge in [-0.2, -0.15) is 0 Å². The number of hydrogen-bond donors (Lipinski definition) is 1. The molecule has 1 N–H and O–H groups in total. The Kier molecular flexibility index (Phi) is 4.73. The van der Waals surface area contributed by atoms with E-state index in [0.717, 1.165) is 25.2 Å². The highest BCUT2D eigenvalue weighted by Gasteiger charge is 2.15. The minimum Gasteiger partial charge on any atom is -0.338 e. The molecule has 0 saturated heterocycles. The van der Waals surface area contributed by atoms with Crippen molar-refractivity contribution in [2.24, 2.45) is 7.05 Å². The predicted molar refractivity (Wildman–Crippen MR) is 92.3 cm³/mol. The van der Waals surface area contributed by atoms with Crippen LogP contribution in [0.4, 0.5) is 0 Å². The van der Waals surface area contributed by atoms with E-state index in [4.69, 9.17) is 0 Å². The number of fused-ring (bicyclic) bond motifs is 1. The van der Waals surface area contributed by atoms with Crippen molar-refractivity contribution in [1.29, 1.82) is 0 Å². The number of nitrogens with one attached hydrogen (secondary N) is 1. The van der Waals surface area contributed by atoms with E-state index in [1.807, 2.05) is 35.1 Å². The fourth-order valence-electron chi connectivity index (χ4n) is 2.53. The fourth-order valence-corrected chi connectivity index (χ4v) is 4.76. The molecular weight excluding hydrogens is 298 g/mol. The van der Waals surface area contributed by atoms with E-state index in [-0.39, 0.29) is 0 Å². The van der Waals surface area contributed by atoms with Gasteiger partial charge < -0.3 is 9.88 Å². The summed E-state index contributed by atoms with van der Waals surface area (Å²) in [6.45, 7) is 3.28. The standard InChI is InChI=1S/C16H21N3S2/c1-3-7-17-12(4-5-16-18-8-9-19(16)2)14-11-15-13(21-14)6-10-20-15/h6,8-12,17H,3-5,7H2,1-2H3. The van der Waals surface area contributed by atoms with Gasteiger partial charge in [0.15, 0.2) is 0 Å². The van der Waals surface area contributed by atoms with Crippen LogP contribution in [0.1, 0.15) is 36.5 Å². The summed E-state index contributed by atoms with van der Waals surface area (Å²) in [6, 6.07) is 5.02. The largest absolute Gasteiger partial charge is 0.338 e. The van der Waals surface area contributed by atoms with Gasteiger partial charge in [-0.1, -0.05) is 6.92 Å². The molecule has 0 aromatic carbocycles. The van der Waals surface area contributed by atoms with Gasteiger partial charge in [-0.3, -0.25) is 0 Å². The lowest BCUT2D eigenvalue weighted by Crippen LogP contribution is -2.22. The molecule has 3 aromatic rings. The second-order valence-corrected chi connectivity index (χ2v) is 7.36. The molecule has 0 spiro atoms. The molecule has 3 rings (SSSR count). The van der Waals surface area contributed by atoms with Gasteiger partial charge in [0.2, 0.25) is 0 Å². The third-order valence-corrected chi connectivity index (χ3v) is 5.93. The van der Waals surface area contributed by atoms with Crippen LogP contribution in [0.2, 0.25) is 0 Å². The second kappa shape index (κ2) is 6.73. The van der Waals surface area contributed by atoms with Crippen molar-refractivity contribution in [2.45, 2.75) is 32.2 Å². The maximum absolute atomic E-state index is 4.44. The smallest absolute Gasteiger partial charge is 0.108 e. The molecule has 3 aromatic heterocycles. The van der Waals surface area contributed by atoms with Gasteiger partial charge in [-0.25, -0.2) is 4.98 Å². The van der Waals surface area contributed by atoms with Crippen LogP contribution in [-0.4, -0.2) is 16.1 Å². The van der Waals surface area contributed by atoms with E-state index < -0.39 is 0 Å². The first kappa shape index (κ1) is 14.8. The summed E-state index contributed by atoms with van der Waals surface area (Å²) in [5, 5.41) is 5.87. The van der Waals surface area contributed by atoms with Gasteiger partial charge >= 0.3 is 0 Å². The van der Waals surface area contributed by atoms with E-state index in [0.29, 0.717) is 6.04 Å². The summed E-state index contributed by atoms with van der Waals surface area (Å²) >= 11 is 3.76. The number of nitrogens with zero attached hydrogens (tertiary/aromatic N) is 2. The van der Waals surface area contributed by atoms with Gasteiger partial charge in [-0.15, -0.1) is 22.7 Å². The van der Waals surface area contributed by atoms with Crippen molar-refractivity contribution < 1.29 is 0 Å². The molecule has 0 aliphatic carbocycles. The zero-order valence-corrected chi connectivity index (χ0v) is 14.1. The van der Waals surface area contributed by atoms with Crippen LogP contribution < -0.4 is 5.32 Å². The molecular formula is C16H21N3S2. The average Bonchev–Trinajstić information content (AvgIpc) is 3.15. The molecule has 0 fully saturated rings. The van der Waals surface area contributed by atoms with Crippen LogP contribution in [0.25, 0.3) is 9.40 Å². The van der Waals surface area contributed by atoms with Crippen molar-refractivity contribution in [3.63, 3.8) is 0 Å². The summed E-state index contributed by atoms with van der Waals surface area (Å²) in [5.74, 6) is 1.16. The molecule has 3 nitrogen and oxygen atoms in total.